The quantitative estimate of drug-likeness (QED) is 0.659. The van der Waals surface area contributed by atoms with Crippen molar-refractivity contribution in [1.29, 1.82) is 0 Å². The standard InChI is InChI=1S/C15H29NO/c1-4-8-13(9-5-2)15(16-11-6-3)14-10-7-12-17-14/h10,13,15-16H,4-9,11-12H2,1-3H3. The molecule has 1 rings (SSSR count). The van der Waals surface area contributed by atoms with Crippen LogP contribution >= 0.6 is 0 Å². The zero-order chi connectivity index (χ0) is 12.5. The molecule has 0 bridgehead atoms. The summed E-state index contributed by atoms with van der Waals surface area (Å²) in [6, 6.07) is 0.456. The van der Waals surface area contributed by atoms with Crippen LogP contribution in [0.3, 0.4) is 0 Å². The highest BCUT2D eigenvalue weighted by Crippen LogP contribution is 2.26. The maximum Gasteiger partial charge on any atom is 0.109 e. The van der Waals surface area contributed by atoms with Gasteiger partial charge in [-0.1, -0.05) is 33.6 Å². The molecule has 2 heteroatoms. The number of ether oxygens (including phenoxy) is 1. The molecule has 0 aliphatic carbocycles. The highest BCUT2D eigenvalue weighted by Gasteiger charge is 2.26. The molecule has 0 amide bonds. The average molecular weight is 239 g/mol. The zero-order valence-corrected chi connectivity index (χ0v) is 11.8. The van der Waals surface area contributed by atoms with Crippen molar-refractivity contribution in [3.05, 3.63) is 11.8 Å². The van der Waals surface area contributed by atoms with Crippen molar-refractivity contribution in [2.45, 2.75) is 65.3 Å². The Kier molecular flexibility index (Phi) is 7.34. The van der Waals surface area contributed by atoms with Gasteiger partial charge >= 0.3 is 0 Å². The third kappa shape index (κ3) is 4.71. The lowest BCUT2D eigenvalue weighted by molar-refractivity contribution is 0.184. The Bertz CT molecular complexity index is 219. The number of hydrogen-bond donors (Lipinski definition) is 1. The first kappa shape index (κ1) is 14.6. The van der Waals surface area contributed by atoms with E-state index in [0.717, 1.165) is 25.5 Å². The van der Waals surface area contributed by atoms with E-state index in [0.29, 0.717) is 6.04 Å². The summed E-state index contributed by atoms with van der Waals surface area (Å²) in [4.78, 5) is 0. The van der Waals surface area contributed by atoms with E-state index in [1.807, 2.05) is 0 Å². The highest BCUT2D eigenvalue weighted by atomic mass is 16.5. The van der Waals surface area contributed by atoms with Crippen molar-refractivity contribution in [3.63, 3.8) is 0 Å². The van der Waals surface area contributed by atoms with E-state index < -0.39 is 0 Å². The van der Waals surface area contributed by atoms with Crippen LogP contribution in [-0.4, -0.2) is 19.2 Å². The van der Waals surface area contributed by atoms with Crippen molar-refractivity contribution in [1.82, 2.24) is 5.32 Å². The van der Waals surface area contributed by atoms with Gasteiger partial charge in [-0.2, -0.15) is 0 Å². The Morgan fingerprint density at radius 1 is 1.18 bits per heavy atom. The molecule has 0 fully saturated rings. The number of hydrogen-bond acceptors (Lipinski definition) is 2. The van der Waals surface area contributed by atoms with Gasteiger partial charge in [-0.05, 0) is 37.8 Å². The molecule has 2 nitrogen and oxygen atoms in total. The molecule has 1 aliphatic heterocycles. The molecule has 1 N–H and O–H groups in total. The molecule has 100 valence electrons. The van der Waals surface area contributed by atoms with Gasteiger partial charge < -0.3 is 10.1 Å². The van der Waals surface area contributed by atoms with E-state index in [2.05, 4.69) is 32.2 Å². The lowest BCUT2D eigenvalue weighted by atomic mass is 9.89. The first-order valence-electron chi connectivity index (χ1n) is 7.39. The van der Waals surface area contributed by atoms with Gasteiger partial charge in [-0.3, -0.25) is 0 Å². The van der Waals surface area contributed by atoms with Crippen LogP contribution < -0.4 is 5.32 Å². The molecule has 1 atom stereocenters. The van der Waals surface area contributed by atoms with Gasteiger partial charge in [0.15, 0.2) is 0 Å². The summed E-state index contributed by atoms with van der Waals surface area (Å²) >= 11 is 0. The van der Waals surface area contributed by atoms with Gasteiger partial charge in [-0.15, -0.1) is 0 Å². The average Bonchev–Trinajstić information content (AvgIpc) is 2.84. The predicted molar refractivity (Wildman–Crippen MR) is 74.0 cm³/mol. The lowest BCUT2D eigenvalue weighted by Gasteiger charge is -2.28. The molecule has 1 aliphatic rings. The summed E-state index contributed by atoms with van der Waals surface area (Å²) in [6.45, 7) is 8.76. The first-order chi connectivity index (χ1) is 8.33. The lowest BCUT2D eigenvalue weighted by Crippen LogP contribution is -2.38. The summed E-state index contributed by atoms with van der Waals surface area (Å²) in [6.07, 6.45) is 9.70. The largest absolute Gasteiger partial charge is 0.496 e. The Labute approximate surface area is 107 Å². The van der Waals surface area contributed by atoms with E-state index >= 15 is 0 Å². The van der Waals surface area contributed by atoms with Crippen LogP contribution in [0.1, 0.15) is 59.3 Å². The minimum Gasteiger partial charge on any atom is -0.496 e. The molecule has 0 saturated heterocycles. The van der Waals surface area contributed by atoms with Crippen molar-refractivity contribution in [2.24, 2.45) is 5.92 Å². The van der Waals surface area contributed by atoms with Crippen LogP contribution in [0.4, 0.5) is 0 Å². The van der Waals surface area contributed by atoms with Gasteiger partial charge in [0.25, 0.3) is 0 Å². The third-order valence-electron chi connectivity index (χ3n) is 3.44. The Hall–Kier alpha value is -0.500. The summed E-state index contributed by atoms with van der Waals surface area (Å²) in [7, 11) is 0. The van der Waals surface area contributed by atoms with Gasteiger partial charge in [0, 0.05) is 6.42 Å². The molecule has 17 heavy (non-hydrogen) atoms. The van der Waals surface area contributed by atoms with Crippen molar-refractivity contribution < 1.29 is 4.74 Å². The minimum absolute atomic E-state index is 0.456. The molecule has 0 saturated carbocycles. The maximum atomic E-state index is 5.78. The van der Waals surface area contributed by atoms with Gasteiger partial charge in [0.2, 0.25) is 0 Å². The fourth-order valence-corrected chi connectivity index (χ4v) is 2.67. The van der Waals surface area contributed by atoms with Crippen LogP contribution in [0.15, 0.2) is 11.8 Å². The Balaban J connectivity index is 2.63. The van der Waals surface area contributed by atoms with Crippen molar-refractivity contribution >= 4 is 0 Å². The van der Waals surface area contributed by atoms with E-state index in [9.17, 15) is 0 Å². The topological polar surface area (TPSA) is 21.3 Å². The van der Waals surface area contributed by atoms with Gasteiger partial charge in [0.1, 0.15) is 5.76 Å². The zero-order valence-electron chi connectivity index (χ0n) is 11.8. The molecule has 0 aromatic carbocycles. The predicted octanol–water partition coefficient (Wildman–Crippen LogP) is 3.88. The number of rotatable bonds is 9. The second-order valence-corrected chi connectivity index (χ2v) is 5.01. The van der Waals surface area contributed by atoms with E-state index in [4.69, 9.17) is 4.74 Å². The van der Waals surface area contributed by atoms with Crippen molar-refractivity contribution in [2.75, 3.05) is 13.2 Å². The second-order valence-electron chi connectivity index (χ2n) is 5.01. The summed E-state index contributed by atoms with van der Waals surface area (Å²) in [5.41, 5.74) is 0. The molecule has 0 aromatic heterocycles. The smallest absolute Gasteiger partial charge is 0.109 e. The second kappa shape index (κ2) is 8.57. The molecule has 1 unspecified atom stereocenters. The molecule has 0 aromatic rings. The number of nitrogens with one attached hydrogen (secondary N) is 1. The summed E-state index contributed by atoms with van der Waals surface area (Å²) in [5.74, 6) is 1.95. The molecule has 0 spiro atoms. The Morgan fingerprint density at radius 3 is 2.35 bits per heavy atom. The summed E-state index contributed by atoms with van der Waals surface area (Å²) in [5, 5.41) is 3.69. The molecular weight excluding hydrogens is 210 g/mol. The normalized spacial score (nSPS) is 17.1. The third-order valence-corrected chi connectivity index (χ3v) is 3.44. The van der Waals surface area contributed by atoms with Gasteiger partial charge in [0.05, 0.1) is 12.6 Å². The fraction of sp³-hybridized carbons (Fsp3) is 0.867. The van der Waals surface area contributed by atoms with Crippen LogP contribution in [-0.2, 0) is 4.74 Å². The highest BCUT2D eigenvalue weighted by molar-refractivity contribution is 5.09. The molecule has 1 heterocycles. The van der Waals surface area contributed by atoms with Crippen LogP contribution in [0.5, 0.6) is 0 Å². The van der Waals surface area contributed by atoms with E-state index in [-0.39, 0.29) is 0 Å². The SMILES string of the molecule is CCCNC(C1=CCCO1)C(CCC)CCC. The summed E-state index contributed by atoms with van der Waals surface area (Å²) < 4.78 is 5.78. The molecular formula is C15H29NO. The van der Waals surface area contributed by atoms with Crippen LogP contribution in [0.25, 0.3) is 0 Å². The van der Waals surface area contributed by atoms with E-state index in [1.54, 1.807) is 0 Å². The minimum atomic E-state index is 0.456. The first-order valence-corrected chi connectivity index (χ1v) is 7.39. The van der Waals surface area contributed by atoms with Crippen LogP contribution in [0.2, 0.25) is 0 Å². The fourth-order valence-electron chi connectivity index (χ4n) is 2.67. The Morgan fingerprint density at radius 2 is 1.88 bits per heavy atom. The van der Waals surface area contributed by atoms with E-state index in [1.165, 1.54) is 37.9 Å². The molecule has 0 radical (unpaired) electrons. The van der Waals surface area contributed by atoms with Crippen LogP contribution in [0, 0.1) is 5.92 Å². The monoisotopic (exact) mass is 239 g/mol. The van der Waals surface area contributed by atoms with Crippen molar-refractivity contribution in [3.8, 4) is 0 Å². The maximum absolute atomic E-state index is 5.78. The van der Waals surface area contributed by atoms with Gasteiger partial charge in [-0.25, -0.2) is 0 Å².